The van der Waals surface area contributed by atoms with E-state index < -0.39 is 0 Å². The molecule has 0 saturated heterocycles. The van der Waals surface area contributed by atoms with Gasteiger partial charge in [-0.3, -0.25) is 5.41 Å². The van der Waals surface area contributed by atoms with Gasteiger partial charge in [0.15, 0.2) is 0 Å². The number of hydrogen-bond acceptors (Lipinski definition) is 3. The zero-order valence-electron chi connectivity index (χ0n) is 13.1. The second kappa shape index (κ2) is 6.85. The molecule has 1 fully saturated rings. The summed E-state index contributed by atoms with van der Waals surface area (Å²) in [5, 5.41) is 7.87. The van der Waals surface area contributed by atoms with E-state index in [2.05, 4.69) is 34.1 Å². The van der Waals surface area contributed by atoms with Crippen molar-refractivity contribution in [3.8, 4) is 0 Å². The van der Waals surface area contributed by atoms with Crippen molar-refractivity contribution < 1.29 is 0 Å². The second-order valence-electron chi connectivity index (χ2n) is 6.34. The Balaban J connectivity index is 2.05. The predicted octanol–water partition coefficient (Wildman–Crippen LogP) is 4.41. The fourth-order valence-corrected chi connectivity index (χ4v) is 3.77. The maximum atomic E-state index is 7.87. The highest BCUT2D eigenvalue weighted by molar-refractivity contribution is 9.12. The van der Waals surface area contributed by atoms with Gasteiger partial charge in [-0.15, -0.1) is 0 Å². The molecule has 0 amide bonds. The second-order valence-corrected chi connectivity index (χ2v) is 7.20. The molecule has 0 unspecified atom stereocenters. The monoisotopic (exact) mass is 371 g/mol. The molecule has 120 valence electrons. The van der Waals surface area contributed by atoms with Gasteiger partial charge in [0.2, 0.25) is 0 Å². The molecule has 0 aliphatic heterocycles. The van der Waals surface area contributed by atoms with Gasteiger partial charge in [-0.05, 0) is 88.5 Å². The van der Waals surface area contributed by atoms with Crippen LogP contribution in [0.25, 0.3) is 5.57 Å². The Hall–Kier alpha value is -1.65. The van der Waals surface area contributed by atoms with Crippen LogP contribution < -0.4 is 11.5 Å². The summed E-state index contributed by atoms with van der Waals surface area (Å²) in [6.45, 7) is 0. The third kappa shape index (κ3) is 3.65. The number of halogens is 1. The summed E-state index contributed by atoms with van der Waals surface area (Å²) in [5.41, 5.74) is 17.0. The molecule has 5 N–H and O–H groups in total. The number of benzene rings is 1. The molecule has 0 spiro atoms. The van der Waals surface area contributed by atoms with Crippen LogP contribution in [0.4, 0.5) is 5.69 Å². The molecule has 0 radical (unpaired) electrons. The summed E-state index contributed by atoms with van der Waals surface area (Å²) >= 11 is 3.49. The number of anilines is 1. The predicted molar refractivity (Wildman–Crippen MR) is 102 cm³/mol. The fourth-order valence-electron chi connectivity index (χ4n) is 3.39. The molecule has 2 aliphatic carbocycles. The fraction of sp³-hybridized carbons (Fsp3) is 0.316. The first-order valence-corrected chi connectivity index (χ1v) is 8.84. The standard InChI is InChI=1S/C19H22BrN3/c20-17-11-14(5-10-18(17)23)19(12-1-6-15(21)7-2-12)13-3-8-16(22)9-4-13/h1-2,5-7,10-11,13,16,23H,3-4,8-9,21-22H2/b19-14-,23-18?. The normalized spacial score (nSPS) is 26.9. The highest BCUT2D eigenvalue weighted by Gasteiger charge is 2.25. The molecule has 3 rings (SSSR count). The Morgan fingerprint density at radius 2 is 1.70 bits per heavy atom. The third-order valence-corrected chi connectivity index (χ3v) is 5.34. The molecule has 2 aliphatic rings. The lowest BCUT2D eigenvalue weighted by Crippen LogP contribution is -2.27. The molecule has 0 bridgehead atoms. The van der Waals surface area contributed by atoms with Crippen LogP contribution in [0.1, 0.15) is 31.2 Å². The Morgan fingerprint density at radius 3 is 2.30 bits per heavy atom. The molecular formula is C19H22BrN3. The van der Waals surface area contributed by atoms with E-state index >= 15 is 0 Å². The van der Waals surface area contributed by atoms with E-state index in [0.717, 1.165) is 35.9 Å². The van der Waals surface area contributed by atoms with E-state index in [9.17, 15) is 0 Å². The van der Waals surface area contributed by atoms with Crippen molar-refractivity contribution in [1.29, 1.82) is 5.41 Å². The minimum Gasteiger partial charge on any atom is -0.399 e. The molecule has 0 atom stereocenters. The van der Waals surface area contributed by atoms with Gasteiger partial charge in [-0.2, -0.15) is 0 Å². The summed E-state index contributed by atoms with van der Waals surface area (Å²) in [4.78, 5) is 0. The zero-order chi connectivity index (χ0) is 16.4. The Morgan fingerprint density at radius 1 is 1.04 bits per heavy atom. The lowest BCUT2D eigenvalue weighted by atomic mass is 9.77. The maximum absolute atomic E-state index is 7.87. The summed E-state index contributed by atoms with van der Waals surface area (Å²) in [6.07, 6.45) is 10.3. The third-order valence-electron chi connectivity index (χ3n) is 4.68. The highest BCUT2D eigenvalue weighted by Crippen LogP contribution is 2.39. The van der Waals surface area contributed by atoms with Gasteiger partial charge < -0.3 is 11.5 Å². The van der Waals surface area contributed by atoms with E-state index in [4.69, 9.17) is 16.9 Å². The number of rotatable bonds is 2. The molecule has 3 nitrogen and oxygen atoms in total. The van der Waals surface area contributed by atoms with Crippen molar-refractivity contribution in [3.63, 3.8) is 0 Å². The number of nitrogens with two attached hydrogens (primary N) is 2. The van der Waals surface area contributed by atoms with Crippen molar-refractivity contribution >= 4 is 32.9 Å². The van der Waals surface area contributed by atoms with Crippen LogP contribution in [-0.4, -0.2) is 11.8 Å². The molecule has 4 heteroatoms. The summed E-state index contributed by atoms with van der Waals surface area (Å²) < 4.78 is 0.829. The van der Waals surface area contributed by atoms with E-state index in [1.165, 1.54) is 16.7 Å². The molecule has 0 aromatic heterocycles. The average molecular weight is 372 g/mol. The molecule has 1 saturated carbocycles. The van der Waals surface area contributed by atoms with E-state index in [-0.39, 0.29) is 0 Å². The van der Waals surface area contributed by atoms with Gasteiger partial charge in [-0.1, -0.05) is 18.2 Å². The van der Waals surface area contributed by atoms with Crippen LogP contribution in [0.15, 0.2) is 52.5 Å². The lowest BCUT2D eigenvalue weighted by Gasteiger charge is -2.30. The van der Waals surface area contributed by atoms with Crippen LogP contribution in [-0.2, 0) is 0 Å². The van der Waals surface area contributed by atoms with Crippen molar-refractivity contribution in [1.82, 2.24) is 0 Å². The van der Waals surface area contributed by atoms with Gasteiger partial charge in [0.1, 0.15) is 0 Å². The highest BCUT2D eigenvalue weighted by atomic mass is 79.9. The van der Waals surface area contributed by atoms with Gasteiger partial charge in [0.25, 0.3) is 0 Å². The number of nitrogens with one attached hydrogen (secondary N) is 1. The molecule has 1 aromatic rings. The Kier molecular flexibility index (Phi) is 4.83. The van der Waals surface area contributed by atoms with E-state index in [0.29, 0.717) is 17.7 Å². The average Bonchev–Trinajstić information content (AvgIpc) is 2.55. The van der Waals surface area contributed by atoms with Crippen molar-refractivity contribution in [2.45, 2.75) is 31.7 Å². The summed E-state index contributed by atoms with van der Waals surface area (Å²) in [5.74, 6) is 0.502. The zero-order valence-corrected chi connectivity index (χ0v) is 14.6. The topological polar surface area (TPSA) is 75.9 Å². The molecule has 1 aromatic carbocycles. The van der Waals surface area contributed by atoms with Gasteiger partial charge in [-0.25, -0.2) is 0 Å². The van der Waals surface area contributed by atoms with Crippen molar-refractivity contribution in [3.05, 3.63) is 58.1 Å². The van der Waals surface area contributed by atoms with Crippen LogP contribution in [0.2, 0.25) is 0 Å². The Labute approximate surface area is 145 Å². The quantitative estimate of drug-likeness (QED) is 0.673. The van der Waals surface area contributed by atoms with Crippen LogP contribution in [0.3, 0.4) is 0 Å². The van der Waals surface area contributed by atoms with E-state index in [1.807, 2.05) is 24.3 Å². The van der Waals surface area contributed by atoms with Crippen LogP contribution in [0, 0.1) is 11.3 Å². The van der Waals surface area contributed by atoms with Crippen molar-refractivity contribution in [2.75, 3.05) is 5.73 Å². The largest absolute Gasteiger partial charge is 0.399 e. The van der Waals surface area contributed by atoms with Crippen molar-refractivity contribution in [2.24, 2.45) is 11.7 Å². The first kappa shape index (κ1) is 16.2. The first-order valence-electron chi connectivity index (χ1n) is 8.04. The smallest absolute Gasteiger partial charge is 0.0682 e. The van der Waals surface area contributed by atoms with Crippen LogP contribution in [0.5, 0.6) is 0 Å². The minimum absolute atomic E-state index is 0.335. The van der Waals surface area contributed by atoms with Crippen LogP contribution >= 0.6 is 15.9 Å². The first-order chi connectivity index (χ1) is 11.0. The van der Waals surface area contributed by atoms with Gasteiger partial charge in [0, 0.05) is 16.2 Å². The summed E-state index contributed by atoms with van der Waals surface area (Å²) in [6, 6.07) is 8.44. The molecular weight excluding hydrogens is 350 g/mol. The van der Waals surface area contributed by atoms with Gasteiger partial charge >= 0.3 is 0 Å². The number of hydrogen-bond donors (Lipinski definition) is 3. The number of nitrogen functional groups attached to an aromatic ring is 1. The molecule has 0 heterocycles. The minimum atomic E-state index is 0.335. The Bertz CT molecular complexity index is 690. The SMILES string of the molecule is N=C1C=C/C(=C(\c2ccc(N)cc2)C2CCC(N)CC2)C=C1Br. The van der Waals surface area contributed by atoms with E-state index in [1.54, 1.807) is 0 Å². The van der Waals surface area contributed by atoms with Gasteiger partial charge in [0.05, 0.1) is 5.71 Å². The molecule has 23 heavy (non-hydrogen) atoms. The maximum Gasteiger partial charge on any atom is 0.0682 e. The number of allylic oxidation sites excluding steroid dienone is 6. The lowest BCUT2D eigenvalue weighted by molar-refractivity contribution is 0.383. The summed E-state index contributed by atoms with van der Waals surface area (Å²) in [7, 11) is 0.